The lowest BCUT2D eigenvalue weighted by Gasteiger charge is -2.08. The third-order valence-corrected chi connectivity index (χ3v) is 2.59. The summed E-state index contributed by atoms with van der Waals surface area (Å²) in [5.41, 5.74) is 1.38. The highest BCUT2D eigenvalue weighted by atomic mass is 16.5. The van der Waals surface area contributed by atoms with E-state index >= 15 is 0 Å². The lowest BCUT2D eigenvalue weighted by atomic mass is 10.1. The van der Waals surface area contributed by atoms with E-state index in [0.717, 1.165) is 12.2 Å². The molecule has 1 aromatic rings. The second-order valence-corrected chi connectivity index (χ2v) is 3.69. The van der Waals surface area contributed by atoms with Crippen LogP contribution in [0.15, 0.2) is 24.3 Å². The summed E-state index contributed by atoms with van der Waals surface area (Å²) in [5.74, 6) is 1.10. The lowest BCUT2D eigenvalue weighted by molar-refractivity contribution is 0.217. The van der Waals surface area contributed by atoms with E-state index in [1.165, 1.54) is 24.8 Å². The van der Waals surface area contributed by atoms with Crippen LogP contribution in [0.25, 0.3) is 0 Å². The summed E-state index contributed by atoms with van der Waals surface area (Å²) in [4.78, 5) is 0. The maximum absolute atomic E-state index is 5.81. The van der Waals surface area contributed by atoms with Gasteiger partial charge in [-0.15, -0.1) is 0 Å². The standard InChI is InChI=1S/C12H16O/c1-2-3-7-11-9-10-6-4-5-8-12(10)13-11/h4-6,8,11H,2-3,7,9H2,1H3. The number of ether oxygens (including phenoxy) is 1. The molecule has 13 heavy (non-hydrogen) atoms. The van der Waals surface area contributed by atoms with Gasteiger partial charge in [-0.3, -0.25) is 0 Å². The highest BCUT2D eigenvalue weighted by molar-refractivity contribution is 5.37. The quantitative estimate of drug-likeness (QED) is 0.687. The molecule has 0 aromatic heterocycles. The SMILES string of the molecule is CCCCC1Cc2ccccc2O1. The van der Waals surface area contributed by atoms with Gasteiger partial charge in [0.05, 0.1) is 0 Å². The van der Waals surface area contributed by atoms with Crippen molar-refractivity contribution in [1.82, 2.24) is 0 Å². The number of para-hydroxylation sites is 1. The number of hydrogen-bond acceptors (Lipinski definition) is 1. The molecule has 0 spiro atoms. The minimum Gasteiger partial charge on any atom is -0.490 e. The molecule has 70 valence electrons. The fourth-order valence-electron chi connectivity index (χ4n) is 1.85. The third kappa shape index (κ3) is 1.85. The molecule has 0 aliphatic carbocycles. The molecular formula is C12H16O. The Balaban J connectivity index is 1.97. The summed E-state index contributed by atoms with van der Waals surface area (Å²) >= 11 is 0. The van der Waals surface area contributed by atoms with Crippen molar-refractivity contribution in [3.63, 3.8) is 0 Å². The van der Waals surface area contributed by atoms with Gasteiger partial charge < -0.3 is 4.74 Å². The smallest absolute Gasteiger partial charge is 0.123 e. The van der Waals surface area contributed by atoms with Crippen LogP contribution in [0.5, 0.6) is 5.75 Å². The fraction of sp³-hybridized carbons (Fsp3) is 0.500. The molecular weight excluding hydrogens is 160 g/mol. The molecule has 1 atom stereocenters. The van der Waals surface area contributed by atoms with Crippen LogP contribution < -0.4 is 4.74 Å². The minimum absolute atomic E-state index is 0.442. The predicted octanol–water partition coefficient (Wildman–Crippen LogP) is 3.18. The van der Waals surface area contributed by atoms with Crippen LogP contribution in [0.3, 0.4) is 0 Å². The lowest BCUT2D eigenvalue weighted by Crippen LogP contribution is -2.11. The maximum atomic E-state index is 5.81. The van der Waals surface area contributed by atoms with Crippen molar-refractivity contribution in [1.29, 1.82) is 0 Å². The summed E-state index contributed by atoms with van der Waals surface area (Å²) in [6.07, 6.45) is 5.29. The summed E-state index contributed by atoms with van der Waals surface area (Å²) in [7, 11) is 0. The third-order valence-electron chi connectivity index (χ3n) is 2.59. The van der Waals surface area contributed by atoms with E-state index in [1.807, 2.05) is 6.07 Å². The first-order chi connectivity index (χ1) is 6.40. The van der Waals surface area contributed by atoms with Gasteiger partial charge in [-0.25, -0.2) is 0 Å². The minimum atomic E-state index is 0.442. The Hall–Kier alpha value is -0.980. The molecule has 0 bridgehead atoms. The molecule has 1 aliphatic heterocycles. The van der Waals surface area contributed by atoms with Gasteiger partial charge in [-0.2, -0.15) is 0 Å². The topological polar surface area (TPSA) is 9.23 Å². The van der Waals surface area contributed by atoms with Gasteiger partial charge in [0.25, 0.3) is 0 Å². The van der Waals surface area contributed by atoms with Gasteiger partial charge >= 0.3 is 0 Å². The van der Waals surface area contributed by atoms with Gasteiger partial charge in [0.2, 0.25) is 0 Å². The van der Waals surface area contributed by atoms with E-state index in [9.17, 15) is 0 Å². The van der Waals surface area contributed by atoms with Crippen LogP contribution in [0.1, 0.15) is 31.7 Å². The summed E-state index contributed by atoms with van der Waals surface area (Å²) in [6.45, 7) is 2.22. The van der Waals surface area contributed by atoms with Crippen molar-refractivity contribution in [3.05, 3.63) is 29.8 Å². The van der Waals surface area contributed by atoms with E-state index in [1.54, 1.807) is 0 Å². The van der Waals surface area contributed by atoms with E-state index < -0.39 is 0 Å². The number of hydrogen-bond donors (Lipinski definition) is 0. The first-order valence-electron chi connectivity index (χ1n) is 5.14. The molecule has 1 heterocycles. The largest absolute Gasteiger partial charge is 0.490 e. The van der Waals surface area contributed by atoms with E-state index in [-0.39, 0.29) is 0 Å². The van der Waals surface area contributed by atoms with Crippen LogP contribution in [-0.2, 0) is 6.42 Å². The van der Waals surface area contributed by atoms with Crippen LogP contribution in [0, 0.1) is 0 Å². The second-order valence-electron chi connectivity index (χ2n) is 3.69. The van der Waals surface area contributed by atoms with Gasteiger partial charge in [-0.05, 0) is 18.1 Å². The van der Waals surface area contributed by atoms with Crippen molar-refractivity contribution in [3.8, 4) is 5.75 Å². The fourth-order valence-corrected chi connectivity index (χ4v) is 1.85. The van der Waals surface area contributed by atoms with Crippen molar-refractivity contribution in [2.75, 3.05) is 0 Å². The van der Waals surface area contributed by atoms with Gasteiger partial charge in [0, 0.05) is 6.42 Å². The Morgan fingerprint density at radius 1 is 1.38 bits per heavy atom. The van der Waals surface area contributed by atoms with Crippen LogP contribution in [0.2, 0.25) is 0 Å². The zero-order valence-corrected chi connectivity index (χ0v) is 8.12. The van der Waals surface area contributed by atoms with Crippen LogP contribution in [0.4, 0.5) is 0 Å². The van der Waals surface area contributed by atoms with Crippen molar-refractivity contribution >= 4 is 0 Å². The molecule has 1 unspecified atom stereocenters. The molecule has 0 saturated heterocycles. The van der Waals surface area contributed by atoms with Crippen LogP contribution >= 0.6 is 0 Å². The molecule has 0 N–H and O–H groups in total. The van der Waals surface area contributed by atoms with E-state index in [0.29, 0.717) is 6.10 Å². The van der Waals surface area contributed by atoms with Crippen molar-refractivity contribution < 1.29 is 4.74 Å². The second kappa shape index (κ2) is 3.82. The highest BCUT2D eigenvalue weighted by Gasteiger charge is 2.20. The van der Waals surface area contributed by atoms with Crippen LogP contribution in [-0.4, -0.2) is 6.10 Å². The van der Waals surface area contributed by atoms with Gasteiger partial charge in [-0.1, -0.05) is 38.0 Å². The Labute approximate surface area is 79.7 Å². The normalized spacial score (nSPS) is 19.6. The predicted molar refractivity (Wildman–Crippen MR) is 54.1 cm³/mol. The number of unbranched alkanes of at least 4 members (excludes halogenated alkanes) is 1. The Morgan fingerprint density at radius 2 is 2.23 bits per heavy atom. The molecule has 1 nitrogen and oxygen atoms in total. The number of fused-ring (bicyclic) bond motifs is 1. The monoisotopic (exact) mass is 176 g/mol. The molecule has 1 aromatic carbocycles. The van der Waals surface area contributed by atoms with Crippen molar-refractivity contribution in [2.24, 2.45) is 0 Å². The number of rotatable bonds is 3. The van der Waals surface area contributed by atoms with Crippen molar-refractivity contribution in [2.45, 2.75) is 38.7 Å². The van der Waals surface area contributed by atoms with E-state index in [4.69, 9.17) is 4.74 Å². The number of benzene rings is 1. The molecule has 0 saturated carbocycles. The molecule has 1 heteroatoms. The summed E-state index contributed by atoms with van der Waals surface area (Å²) in [6, 6.07) is 8.37. The molecule has 1 aliphatic rings. The highest BCUT2D eigenvalue weighted by Crippen LogP contribution is 2.29. The summed E-state index contributed by atoms with van der Waals surface area (Å²) in [5, 5.41) is 0. The maximum Gasteiger partial charge on any atom is 0.123 e. The zero-order chi connectivity index (χ0) is 9.10. The Kier molecular flexibility index (Phi) is 2.53. The average molecular weight is 176 g/mol. The van der Waals surface area contributed by atoms with E-state index in [2.05, 4.69) is 25.1 Å². The van der Waals surface area contributed by atoms with Gasteiger partial charge in [0.1, 0.15) is 11.9 Å². The van der Waals surface area contributed by atoms with Gasteiger partial charge in [0.15, 0.2) is 0 Å². The molecule has 0 fully saturated rings. The average Bonchev–Trinajstić information content (AvgIpc) is 2.57. The molecule has 0 amide bonds. The molecule has 2 rings (SSSR count). The zero-order valence-electron chi connectivity index (χ0n) is 8.12. The Bertz CT molecular complexity index is 255. The Morgan fingerprint density at radius 3 is 3.00 bits per heavy atom. The first kappa shape index (κ1) is 8.61. The first-order valence-corrected chi connectivity index (χ1v) is 5.14. The summed E-state index contributed by atoms with van der Waals surface area (Å²) < 4.78 is 5.81. The molecule has 0 radical (unpaired) electrons.